The second-order valence-corrected chi connectivity index (χ2v) is 12.0. The molecular weight excluding hydrogens is 464 g/mol. The van der Waals surface area contributed by atoms with Crippen LogP contribution in [0.25, 0.3) is 5.65 Å². The van der Waals surface area contributed by atoms with Gasteiger partial charge in [0.2, 0.25) is 15.7 Å². The van der Waals surface area contributed by atoms with Gasteiger partial charge in [-0.25, -0.2) is 12.7 Å². The maximum atomic E-state index is 13.1. The summed E-state index contributed by atoms with van der Waals surface area (Å²) in [5, 5.41) is 16.7. The van der Waals surface area contributed by atoms with Crippen molar-refractivity contribution in [3.63, 3.8) is 0 Å². The fourth-order valence-corrected chi connectivity index (χ4v) is 7.01. The van der Waals surface area contributed by atoms with Gasteiger partial charge in [0.1, 0.15) is 0 Å². The van der Waals surface area contributed by atoms with E-state index in [2.05, 4.69) is 37.4 Å². The van der Waals surface area contributed by atoms with Crippen LogP contribution in [0.1, 0.15) is 30.7 Å². The van der Waals surface area contributed by atoms with Crippen LogP contribution in [-0.4, -0.2) is 89.0 Å². The molecule has 5 rings (SSSR count). The monoisotopic (exact) mass is 498 g/mol. The van der Waals surface area contributed by atoms with Crippen LogP contribution in [0, 0.1) is 6.92 Å². The van der Waals surface area contributed by atoms with Crippen LogP contribution in [0.3, 0.4) is 0 Å². The lowest BCUT2D eigenvalue weighted by atomic mass is 10.1. The second kappa shape index (κ2) is 9.71. The van der Waals surface area contributed by atoms with Gasteiger partial charge in [-0.1, -0.05) is 30.3 Å². The van der Waals surface area contributed by atoms with Crippen molar-refractivity contribution in [2.75, 3.05) is 50.5 Å². The lowest BCUT2D eigenvalue weighted by Crippen LogP contribution is -2.46. The molecule has 1 unspecified atom stereocenters. The van der Waals surface area contributed by atoms with Gasteiger partial charge in [-0.15, -0.1) is 15.3 Å². The normalized spacial score (nSPS) is 20.5. The van der Waals surface area contributed by atoms with Gasteiger partial charge in [0.25, 0.3) is 0 Å². The zero-order valence-corrected chi connectivity index (χ0v) is 21.4. The summed E-state index contributed by atoms with van der Waals surface area (Å²) < 4.78 is 29.6. The van der Waals surface area contributed by atoms with Crippen molar-refractivity contribution in [1.82, 2.24) is 29.0 Å². The first-order valence-electron chi connectivity index (χ1n) is 12.2. The number of nitrogens with zero attached hydrogens (tertiary/aromatic N) is 7. The minimum Gasteiger partial charge on any atom is -0.379 e. The van der Waals surface area contributed by atoms with Crippen LogP contribution in [0.15, 0.2) is 36.4 Å². The number of rotatable bonds is 7. The molecule has 3 aromatic rings. The summed E-state index contributed by atoms with van der Waals surface area (Å²) in [4.78, 5) is 4.20. The van der Waals surface area contributed by atoms with E-state index in [9.17, 15) is 8.42 Å². The summed E-state index contributed by atoms with van der Waals surface area (Å²) in [6.45, 7) is 5.16. The molecular formula is C24H34N8O2S. The highest BCUT2D eigenvalue weighted by molar-refractivity contribution is 7.89. The van der Waals surface area contributed by atoms with Gasteiger partial charge in [0.15, 0.2) is 11.6 Å². The SMILES string of the molecule is Cc1nnc2c(NC3CCN(S(=O)(=O)C4CCN(C)C4)CC3)cc(N(C)Cc3ccccc3)nn12. The molecule has 2 aliphatic rings. The first kappa shape index (κ1) is 24.0. The maximum absolute atomic E-state index is 13.1. The van der Waals surface area contributed by atoms with Crippen LogP contribution in [-0.2, 0) is 16.6 Å². The largest absolute Gasteiger partial charge is 0.379 e. The average molecular weight is 499 g/mol. The Morgan fingerprint density at radius 1 is 1.09 bits per heavy atom. The van der Waals surface area contributed by atoms with Crippen LogP contribution in [0.5, 0.6) is 0 Å². The molecule has 2 aromatic heterocycles. The lowest BCUT2D eigenvalue weighted by Gasteiger charge is -2.33. The van der Waals surface area contributed by atoms with Crippen LogP contribution >= 0.6 is 0 Å². The van der Waals surface area contributed by atoms with Gasteiger partial charge in [-0.2, -0.15) is 4.52 Å². The lowest BCUT2D eigenvalue weighted by molar-refractivity contribution is 0.325. The number of sulfonamides is 1. The van der Waals surface area contributed by atoms with Crippen molar-refractivity contribution in [2.45, 2.75) is 44.0 Å². The van der Waals surface area contributed by atoms with Gasteiger partial charge in [-0.05, 0) is 45.3 Å². The second-order valence-electron chi connectivity index (χ2n) is 9.78. The molecule has 188 valence electrons. The minimum atomic E-state index is -3.25. The Hall–Kier alpha value is -2.76. The summed E-state index contributed by atoms with van der Waals surface area (Å²) in [5.41, 5.74) is 2.76. The molecule has 4 heterocycles. The summed E-state index contributed by atoms with van der Waals surface area (Å²) in [6, 6.07) is 12.5. The van der Waals surface area contributed by atoms with Gasteiger partial charge < -0.3 is 15.1 Å². The summed E-state index contributed by atoms with van der Waals surface area (Å²) in [7, 11) is 0.758. The number of fused-ring (bicyclic) bond motifs is 1. The quantitative estimate of drug-likeness (QED) is 0.528. The molecule has 2 aliphatic heterocycles. The number of aryl methyl sites for hydroxylation is 1. The molecule has 1 N–H and O–H groups in total. The third-order valence-corrected chi connectivity index (χ3v) is 9.42. The number of piperidine rings is 1. The zero-order chi connectivity index (χ0) is 24.6. The molecule has 2 fully saturated rings. The molecule has 0 saturated carbocycles. The summed E-state index contributed by atoms with van der Waals surface area (Å²) in [6.07, 6.45) is 2.22. The van der Waals surface area contributed by atoms with E-state index in [1.54, 1.807) is 8.82 Å². The van der Waals surface area contributed by atoms with E-state index in [0.29, 0.717) is 25.3 Å². The summed E-state index contributed by atoms with van der Waals surface area (Å²) in [5.74, 6) is 1.54. The van der Waals surface area contributed by atoms with Gasteiger partial charge in [-0.3, -0.25) is 0 Å². The van der Waals surface area contributed by atoms with Crippen molar-refractivity contribution in [3.8, 4) is 0 Å². The number of anilines is 2. The standard InChI is InChI=1S/C24H34N8O2S/c1-18-26-27-24-22(15-23(28-32(18)24)30(3)16-19-7-5-4-6-8-19)25-20-9-13-31(14-10-20)35(33,34)21-11-12-29(2)17-21/h4-8,15,20-21,25H,9-14,16-17H2,1-3H3. The predicted molar refractivity (Wildman–Crippen MR) is 137 cm³/mol. The third-order valence-electron chi connectivity index (χ3n) is 7.11. The minimum absolute atomic E-state index is 0.156. The molecule has 0 radical (unpaired) electrons. The topological polar surface area (TPSA) is 99.0 Å². The van der Waals surface area contributed by atoms with Crippen LogP contribution in [0.2, 0.25) is 0 Å². The fourth-order valence-electron chi connectivity index (χ4n) is 5.02. The maximum Gasteiger partial charge on any atom is 0.218 e. The molecule has 2 saturated heterocycles. The number of nitrogens with one attached hydrogen (secondary N) is 1. The molecule has 11 heteroatoms. The van der Waals surface area contributed by atoms with E-state index in [-0.39, 0.29) is 11.3 Å². The molecule has 35 heavy (non-hydrogen) atoms. The van der Waals surface area contributed by atoms with Crippen molar-refractivity contribution >= 4 is 27.2 Å². The fraction of sp³-hybridized carbons (Fsp3) is 0.542. The smallest absolute Gasteiger partial charge is 0.218 e. The van der Waals surface area contributed by atoms with Crippen molar-refractivity contribution < 1.29 is 8.42 Å². The first-order chi connectivity index (χ1) is 16.8. The van der Waals surface area contributed by atoms with Crippen LogP contribution < -0.4 is 10.2 Å². The van der Waals surface area contributed by atoms with E-state index in [4.69, 9.17) is 5.10 Å². The molecule has 1 aromatic carbocycles. The van der Waals surface area contributed by atoms with Gasteiger partial charge >= 0.3 is 0 Å². The Bertz CT molecular complexity index is 1270. The first-order valence-corrected chi connectivity index (χ1v) is 13.7. The molecule has 10 nitrogen and oxygen atoms in total. The highest BCUT2D eigenvalue weighted by atomic mass is 32.2. The van der Waals surface area contributed by atoms with Gasteiger partial charge in [0, 0.05) is 45.3 Å². The number of hydrogen-bond acceptors (Lipinski definition) is 8. The Kier molecular flexibility index (Phi) is 6.65. The Labute approximate surface area is 207 Å². The molecule has 1 atom stereocenters. The van der Waals surface area contributed by atoms with Crippen molar-refractivity contribution in [2.24, 2.45) is 0 Å². The zero-order valence-electron chi connectivity index (χ0n) is 20.6. The predicted octanol–water partition coefficient (Wildman–Crippen LogP) is 1.98. The van der Waals surface area contributed by atoms with Crippen molar-refractivity contribution in [1.29, 1.82) is 0 Å². The van der Waals surface area contributed by atoms with E-state index in [0.717, 1.165) is 49.7 Å². The number of benzene rings is 1. The number of likely N-dealkylation sites (tertiary alicyclic amines) is 1. The Morgan fingerprint density at radius 2 is 1.83 bits per heavy atom. The molecule has 0 aliphatic carbocycles. The highest BCUT2D eigenvalue weighted by Crippen LogP contribution is 2.27. The van der Waals surface area contributed by atoms with E-state index in [1.807, 2.05) is 45.3 Å². The van der Waals surface area contributed by atoms with E-state index < -0.39 is 10.0 Å². The van der Waals surface area contributed by atoms with Crippen molar-refractivity contribution in [3.05, 3.63) is 47.8 Å². The summed E-state index contributed by atoms with van der Waals surface area (Å²) >= 11 is 0. The Balaban J connectivity index is 1.30. The van der Waals surface area contributed by atoms with E-state index in [1.165, 1.54) is 5.56 Å². The number of hydrogen-bond donors (Lipinski definition) is 1. The average Bonchev–Trinajstić information content (AvgIpc) is 3.46. The van der Waals surface area contributed by atoms with E-state index >= 15 is 0 Å². The number of aromatic nitrogens is 4. The molecule has 0 spiro atoms. The van der Waals surface area contributed by atoms with Gasteiger partial charge in [0.05, 0.1) is 10.9 Å². The van der Waals surface area contributed by atoms with Crippen LogP contribution in [0.4, 0.5) is 11.5 Å². The Morgan fingerprint density at radius 3 is 2.51 bits per heavy atom. The third kappa shape index (κ3) is 4.98. The molecule has 0 amide bonds. The molecule has 0 bridgehead atoms. The highest BCUT2D eigenvalue weighted by Gasteiger charge is 2.37.